The third-order valence-electron chi connectivity index (χ3n) is 2.71. The third kappa shape index (κ3) is 3.28. The molecule has 1 amide bonds. The molecule has 0 N–H and O–H groups in total. The van der Waals surface area contributed by atoms with Crippen LogP contribution < -0.4 is 4.74 Å². The first-order chi connectivity index (χ1) is 9.11. The topological polar surface area (TPSA) is 29.5 Å². The van der Waals surface area contributed by atoms with Crippen molar-refractivity contribution in [3.8, 4) is 5.75 Å². The van der Waals surface area contributed by atoms with Crippen molar-refractivity contribution in [2.45, 2.75) is 6.54 Å². The van der Waals surface area contributed by atoms with Gasteiger partial charge in [0, 0.05) is 11.9 Å². The molecule has 5 heteroatoms. The average Bonchev–Trinajstić information content (AvgIpc) is 2.83. The Morgan fingerprint density at radius 1 is 1.32 bits per heavy atom. The molecule has 2 aromatic rings. The number of nitrogens with zero attached hydrogens (tertiary/aromatic N) is 1. The predicted molar refractivity (Wildman–Crippen MR) is 78.1 cm³/mol. The normalized spacial score (nSPS) is 10.3. The molecule has 0 saturated carbocycles. The number of benzene rings is 1. The molecule has 0 aliphatic rings. The van der Waals surface area contributed by atoms with E-state index in [-0.39, 0.29) is 5.91 Å². The predicted octanol–water partition coefficient (Wildman–Crippen LogP) is 3.68. The minimum Gasteiger partial charge on any atom is -0.496 e. The van der Waals surface area contributed by atoms with E-state index in [0.29, 0.717) is 17.9 Å². The van der Waals surface area contributed by atoms with Crippen LogP contribution in [0.25, 0.3) is 0 Å². The summed E-state index contributed by atoms with van der Waals surface area (Å²) in [6, 6.07) is 11.0. The van der Waals surface area contributed by atoms with Crippen molar-refractivity contribution in [3.05, 3.63) is 51.2 Å². The van der Waals surface area contributed by atoms with Gasteiger partial charge in [0.1, 0.15) is 5.75 Å². The minimum absolute atomic E-state index is 0.0676. The van der Waals surface area contributed by atoms with Crippen LogP contribution in [0, 0.1) is 0 Å². The Labute approximate surface area is 121 Å². The first-order valence-corrected chi connectivity index (χ1v) is 6.94. The van der Waals surface area contributed by atoms with Crippen LogP contribution in [0.5, 0.6) is 5.75 Å². The third-order valence-corrected chi connectivity index (χ3v) is 3.92. The number of hydrogen-bond donors (Lipinski definition) is 0. The van der Waals surface area contributed by atoms with Gasteiger partial charge >= 0.3 is 0 Å². The van der Waals surface area contributed by atoms with Crippen LogP contribution >= 0.6 is 22.9 Å². The molecule has 0 fully saturated rings. The van der Waals surface area contributed by atoms with Crippen LogP contribution in [-0.4, -0.2) is 25.0 Å². The van der Waals surface area contributed by atoms with Crippen LogP contribution in [0.1, 0.15) is 15.2 Å². The van der Waals surface area contributed by atoms with E-state index in [1.807, 2.05) is 24.3 Å². The second kappa shape index (κ2) is 6.08. The van der Waals surface area contributed by atoms with Crippen molar-refractivity contribution in [1.29, 1.82) is 0 Å². The van der Waals surface area contributed by atoms with Crippen LogP contribution in [0.4, 0.5) is 0 Å². The van der Waals surface area contributed by atoms with E-state index >= 15 is 0 Å². The Morgan fingerprint density at radius 3 is 2.68 bits per heavy atom. The molecule has 2 rings (SSSR count). The van der Waals surface area contributed by atoms with Gasteiger partial charge in [-0.1, -0.05) is 23.7 Å². The number of thiophene rings is 1. The van der Waals surface area contributed by atoms with E-state index in [1.165, 1.54) is 11.3 Å². The summed E-state index contributed by atoms with van der Waals surface area (Å²) in [4.78, 5) is 15.1. The number of rotatable bonds is 4. The first kappa shape index (κ1) is 13.9. The standard InChI is InChI=1S/C14H14ClNO2S/c1-16(9-10-7-8-13(15)19-10)14(17)11-5-3-4-6-12(11)18-2/h3-8H,9H2,1-2H3. The number of ether oxygens (including phenoxy) is 1. The quantitative estimate of drug-likeness (QED) is 0.861. The zero-order valence-corrected chi connectivity index (χ0v) is 12.3. The van der Waals surface area contributed by atoms with E-state index in [9.17, 15) is 4.79 Å². The molecule has 1 aromatic carbocycles. The smallest absolute Gasteiger partial charge is 0.257 e. The van der Waals surface area contributed by atoms with Crippen molar-refractivity contribution in [2.75, 3.05) is 14.2 Å². The highest BCUT2D eigenvalue weighted by Gasteiger charge is 2.16. The zero-order chi connectivity index (χ0) is 13.8. The fourth-order valence-corrected chi connectivity index (χ4v) is 2.91. The maximum Gasteiger partial charge on any atom is 0.257 e. The van der Waals surface area contributed by atoms with E-state index < -0.39 is 0 Å². The van der Waals surface area contributed by atoms with Crippen LogP contribution in [-0.2, 0) is 6.54 Å². The Kier molecular flexibility index (Phi) is 4.45. The van der Waals surface area contributed by atoms with Gasteiger partial charge in [0.2, 0.25) is 0 Å². The zero-order valence-electron chi connectivity index (χ0n) is 10.7. The second-order valence-electron chi connectivity index (χ2n) is 4.07. The van der Waals surface area contributed by atoms with Crippen LogP contribution in [0.15, 0.2) is 36.4 Å². The lowest BCUT2D eigenvalue weighted by Gasteiger charge is -2.17. The van der Waals surface area contributed by atoms with Crippen LogP contribution in [0.2, 0.25) is 4.34 Å². The lowest BCUT2D eigenvalue weighted by atomic mass is 10.2. The van der Waals surface area contributed by atoms with Gasteiger partial charge in [-0.3, -0.25) is 4.79 Å². The highest BCUT2D eigenvalue weighted by Crippen LogP contribution is 2.24. The van der Waals surface area contributed by atoms with Crippen molar-refractivity contribution < 1.29 is 9.53 Å². The maximum atomic E-state index is 12.4. The Morgan fingerprint density at radius 2 is 2.05 bits per heavy atom. The molecule has 0 unspecified atom stereocenters. The molecular weight excluding hydrogens is 282 g/mol. The van der Waals surface area contributed by atoms with E-state index in [1.54, 1.807) is 31.2 Å². The highest BCUT2D eigenvalue weighted by atomic mass is 35.5. The Bertz CT molecular complexity index is 582. The van der Waals surface area contributed by atoms with Crippen molar-refractivity contribution >= 4 is 28.8 Å². The lowest BCUT2D eigenvalue weighted by molar-refractivity contribution is 0.0783. The van der Waals surface area contributed by atoms with Crippen molar-refractivity contribution in [1.82, 2.24) is 4.90 Å². The summed E-state index contributed by atoms with van der Waals surface area (Å²) in [5.74, 6) is 0.519. The molecule has 3 nitrogen and oxygen atoms in total. The molecule has 0 aliphatic heterocycles. The molecule has 1 heterocycles. The molecule has 0 aliphatic carbocycles. The summed E-state index contributed by atoms with van der Waals surface area (Å²) >= 11 is 7.36. The Balaban J connectivity index is 2.14. The van der Waals surface area contributed by atoms with Gasteiger partial charge in [-0.2, -0.15) is 0 Å². The van der Waals surface area contributed by atoms with Gasteiger partial charge in [-0.05, 0) is 24.3 Å². The SMILES string of the molecule is COc1ccccc1C(=O)N(C)Cc1ccc(Cl)s1. The number of halogens is 1. The molecule has 100 valence electrons. The van der Waals surface area contributed by atoms with E-state index in [4.69, 9.17) is 16.3 Å². The van der Waals surface area contributed by atoms with E-state index in [0.717, 1.165) is 9.21 Å². The minimum atomic E-state index is -0.0676. The number of amides is 1. The summed E-state index contributed by atoms with van der Waals surface area (Å²) in [5.41, 5.74) is 0.565. The highest BCUT2D eigenvalue weighted by molar-refractivity contribution is 7.16. The first-order valence-electron chi connectivity index (χ1n) is 5.74. The molecule has 1 aromatic heterocycles. The fourth-order valence-electron chi connectivity index (χ4n) is 1.77. The molecule has 0 saturated heterocycles. The van der Waals surface area contributed by atoms with Gasteiger partial charge in [0.25, 0.3) is 5.91 Å². The number of methoxy groups -OCH3 is 1. The van der Waals surface area contributed by atoms with E-state index in [2.05, 4.69) is 0 Å². The second-order valence-corrected chi connectivity index (χ2v) is 5.87. The monoisotopic (exact) mass is 295 g/mol. The average molecular weight is 296 g/mol. The number of carbonyl (C=O) groups is 1. The summed E-state index contributed by atoms with van der Waals surface area (Å²) in [6.45, 7) is 0.536. The number of para-hydroxylation sites is 1. The van der Waals surface area contributed by atoms with Crippen molar-refractivity contribution in [2.24, 2.45) is 0 Å². The van der Waals surface area contributed by atoms with Gasteiger partial charge in [-0.25, -0.2) is 0 Å². The molecular formula is C14H14ClNO2S. The lowest BCUT2D eigenvalue weighted by Crippen LogP contribution is -2.26. The summed E-state index contributed by atoms with van der Waals surface area (Å²) in [7, 11) is 3.33. The van der Waals surface area contributed by atoms with Gasteiger partial charge in [0.05, 0.1) is 23.6 Å². The summed E-state index contributed by atoms with van der Waals surface area (Å²) < 4.78 is 5.93. The maximum absolute atomic E-state index is 12.4. The number of hydrogen-bond acceptors (Lipinski definition) is 3. The van der Waals surface area contributed by atoms with Gasteiger partial charge in [-0.15, -0.1) is 11.3 Å². The van der Waals surface area contributed by atoms with Crippen molar-refractivity contribution in [3.63, 3.8) is 0 Å². The van der Waals surface area contributed by atoms with Crippen LogP contribution in [0.3, 0.4) is 0 Å². The van der Waals surface area contributed by atoms with Gasteiger partial charge in [0.15, 0.2) is 0 Å². The number of carbonyl (C=O) groups excluding carboxylic acids is 1. The van der Waals surface area contributed by atoms with Gasteiger partial charge < -0.3 is 9.64 Å². The molecule has 0 spiro atoms. The summed E-state index contributed by atoms with van der Waals surface area (Å²) in [6.07, 6.45) is 0. The molecule has 0 bridgehead atoms. The fraction of sp³-hybridized carbons (Fsp3) is 0.214. The molecule has 0 radical (unpaired) electrons. The molecule has 19 heavy (non-hydrogen) atoms. The largest absolute Gasteiger partial charge is 0.496 e. The Hall–Kier alpha value is -1.52. The summed E-state index contributed by atoms with van der Waals surface area (Å²) in [5, 5.41) is 0. The molecule has 0 atom stereocenters.